The van der Waals surface area contributed by atoms with Crippen LogP contribution < -0.4 is 5.32 Å². The average molecular weight is 363 g/mol. The molecule has 2 heterocycles. The summed E-state index contributed by atoms with van der Waals surface area (Å²) >= 11 is 0. The molecule has 6 nitrogen and oxygen atoms in total. The highest BCUT2D eigenvalue weighted by Gasteiger charge is 2.30. The van der Waals surface area contributed by atoms with Gasteiger partial charge in [0.15, 0.2) is 5.65 Å². The quantitative estimate of drug-likeness (QED) is 0.771. The molecular formula is C20H18FN5O. The maximum Gasteiger partial charge on any atom is 0.256 e. The van der Waals surface area contributed by atoms with Crippen molar-refractivity contribution in [3.63, 3.8) is 0 Å². The number of hydrogen-bond acceptors (Lipinski definition) is 4. The molecule has 7 heteroatoms. The summed E-state index contributed by atoms with van der Waals surface area (Å²) in [5.41, 5.74) is 2.73. The van der Waals surface area contributed by atoms with Crippen LogP contribution in [0, 0.1) is 30.0 Å². The first-order valence-corrected chi connectivity index (χ1v) is 8.83. The molecule has 1 fully saturated rings. The lowest BCUT2D eigenvalue weighted by molar-refractivity contribution is 0.0937. The second kappa shape index (κ2) is 6.47. The Labute approximate surface area is 155 Å². The molecule has 27 heavy (non-hydrogen) atoms. The number of aryl methyl sites for hydroxylation is 1. The van der Waals surface area contributed by atoms with Gasteiger partial charge in [-0.2, -0.15) is 10.4 Å². The van der Waals surface area contributed by atoms with Gasteiger partial charge in [0, 0.05) is 17.3 Å². The zero-order valence-corrected chi connectivity index (χ0v) is 15.0. The van der Waals surface area contributed by atoms with E-state index in [2.05, 4.69) is 15.4 Å². The van der Waals surface area contributed by atoms with Crippen molar-refractivity contribution in [3.8, 4) is 17.3 Å². The van der Waals surface area contributed by atoms with E-state index in [0.29, 0.717) is 28.4 Å². The lowest BCUT2D eigenvalue weighted by Crippen LogP contribution is -2.34. The zero-order valence-electron chi connectivity index (χ0n) is 15.0. The molecule has 0 bridgehead atoms. The molecule has 1 aromatic carbocycles. The van der Waals surface area contributed by atoms with Gasteiger partial charge < -0.3 is 5.32 Å². The van der Waals surface area contributed by atoms with Gasteiger partial charge in [-0.3, -0.25) is 4.79 Å². The molecule has 0 aliphatic heterocycles. The molecule has 2 aromatic heterocycles. The molecule has 3 aromatic rings. The summed E-state index contributed by atoms with van der Waals surface area (Å²) < 4.78 is 15.4. The van der Waals surface area contributed by atoms with Gasteiger partial charge in [-0.15, -0.1) is 0 Å². The van der Waals surface area contributed by atoms with Crippen LogP contribution in [0.3, 0.4) is 0 Å². The Morgan fingerprint density at radius 1 is 1.37 bits per heavy atom. The Balaban J connectivity index is 1.77. The Kier molecular flexibility index (Phi) is 4.11. The number of amides is 1. The van der Waals surface area contributed by atoms with Gasteiger partial charge in [-0.1, -0.05) is 0 Å². The first-order valence-electron chi connectivity index (χ1n) is 8.83. The standard InChI is InChI=1S/C20H18FN5O/c1-11-5-18(15-6-13(9-22)7-16(21)8-15)25-19-17(10-23-26(11)19)20(27)24-12(2)14-3-4-14/h5-8,10,12,14H,3-4H2,1-2H3,(H,24,27). The van der Waals surface area contributed by atoms with Crippen LogP contribution in [0.25, 0.3) is 16.9 Å². The number of carbonyl (C=O) groups excluding carboxylic acids is 1. The van der Waals surface area contributed by atoms with E-state index >= 15 is 0 Å². The number of nitrogens with one attached hydrogen (secondary N) is 1. The van der Waals surface area contributed by atoms with Crippen molar-refractivity contribution in [2.45, 2.75) is 32.7 Å². The van der Waals surface area contributed by atoms with Gasteiger partial charge in [0.1, 0.15) is 11.4 Å². The van der Waals surface area contributed by atoms with E-state index < -0.39 is 5.82 Å². The molecule has 1 amide bonds. The molecule has 0 saturated heterocycles. The van der Waals surface area contributed by atoms with Crippen molar-refractivity contribution in [2.75, 3.05) is 0 Å². The van der Waals surface area contributed by atoms with E-state index in [9.17, 15) is 9.18 Å². The van der Waals surface area contributed by atoms with E-state index in [-0.39, 0.29) is 17.5 Å². The van der Waals surface area contributed by atoms with Crippen LogP contribution in [0.2, 0.25) is 0 Å². The second-order valence-electron chi connectivity index (χ2n) is 7.02. The maximum absolute atomic E-state index is 13.8. The number of fused-ring (bicyclic) bond motifs is 1. The number of carbonyl (C=O) groups is 1. The molecule has 1 aliphatic carbocycles. The monoisotopic (exact) mass is 363 g/mol. The number of aromatic nitrogens is 3. The third-order valence-corrected chi connectivity index (χ3v) is 4.91. The minimum atomic E-state index is -0.506. The normalized spacial score (nSPS) is 14.7. The smallest absolute Gasteiger partial charge is 0.256 e. The Hall–Kier alpha value is -3.27. The van der Waals surface area contributed by atoms with Gasteiger partial charge in [0.2, 0.25) is 0 Å². The fraction of sp³-hybridized carbons (Fsp3) is 0.300. The number of benzene rings is 1. The van der Waals surface area contributed by atoms with Gasteiger partial charge in [0.25, 0.3) is 5.91 Å². The first kappa shape index (κ1) is 17.2. The third kappa shape index (κ3) is 3.26. The van der Waals surface area contributed by atoms with Gasteiger partial charge in [-0.05, 0) is 56.9 Å². The fourth-order valence-corrected chi connectivity index (χ4v) is 3.22. The highest BCUT2D eigenvalue weighted by Crippen LogP contribution is 2.32. The summed E-state index contributed by atoms with van der Waals surface area (Å²) in [5, 5.41) is 16.3. The number of halogens is 1. The summed E-state index contributed by atoms with van der Waals surface area (Å²) in [4.78, 5) is 17.2. The summed E-state index contributed by atoms with van der Waals surface area (Å²) in [6, 6.07) is 7.88. The highest BCUT2D eigenvalue weighted by molar-refractivity contribution is 6.00. The molecule has 1 saturated carbocycles. The predicted molar refractivity (Wildman–Crippen MR) is 97.5 cm³/mol. The Morgan fingerprint density at radius 3 is 2.85 bits per heavy atom. The molecular weight excluding hydrogens is 345 g/mol. The predicted octanol–water partition coefficient (Wildman–Crippen LogP) is 3.24. The Morgan fingerprint density at radius 2 is 2.15 bits per heavy atom. The summed E-state index contributed by atoms with van der Waals surface area (Å²) in [7, 11) is 0. The Bertz CT molecular complexity index is 1090. The summed E-state index contributed by atoms with van der Waals surface area (Å²) in [5.74, 6) is -0.184. The second-order valence-corrected chi connectivity index (χ2v) is 7.02. The van der Waals surface area contributed by atoms with Gasteiger partial charge in [-0.25, -0.2) is 13.9 Å². The van der Waals surface area contributed by atoms with Crippen LogP contribution in [-0.4, -0.2) is 26.5 Å². The van der Waals surface area contributed by atoms with Gasteiger partial charge >= 0.3 is 0 Å². The number of rotatable bonds is 4. The fourth-order valence-electron chi connectivity index (χ4n) is 3.22. The summed E-state index contributed by atoms with van der Waals surface area (Å²) in [6.45, 7) is 3.84. The lowest BCUT2D eigenvalue weighted by Gasteiger charge is -2.12. The molecule has 4 rings (SSSR count). The first-order chi connectivity index (χ1) is 13.0. The average Bonchev–Trinajstić information content (AvgIpc) is 3.40. The van der Waals surface area contributed by atoms with Crippen molar-refractivity contribution in [1.82, 2.24) is 19.9 Å². The molecule has 1 N–H and O–H groups in total. The molecule has 0 spiro atoms. The van der Waals surface area contributed by atoms with Crippen LogP contribution in [-0.2, 0) is 0 Å². The van der Waals surface area contributed by atoms with E-state index in [1.165, 1.54) is 18.3 Å². The van der Waals surface area contributed by atoms with E-state index in [0.717, 1.165) is 18.5 Å². The van der Waals surface area contributed by atoms with Crippen molar-refractivity contribution < 1.29 is 9.18 Å². The van der Waals surface area contributed by atoms with Gasteiger partial charge in [0.05, 0.1) is 23.5 Å². The largest absolute Gasteiger partial charge is 0.349 e. The van der Waals surface area contributed by atoms with Crippen LogP contribution >= 0.6 is 0 Å². The lowest BCUT2D eigenvalue weighted by atomic mass is 10.1. The van der Waals surface area contributed by atoms with Crippen molar-refractivity contribution in [3.05, 3.63) is 53.1 Å². The highest BCUT2D eigenvalue weighted by atomic mass is 19.1. The van der Waals surface area contributed by atoms with E-state index in [4.69, 9.17) is 5.26 Å². The topological polar surface area (TPSA) is 83.1 Å². The third-order valence-electron chi connectivity index (χ3n) is 4.91. The van der Waals surface area contributed by atoms with Crippen molar-refractivity contribution in [1.29, 1.82) is 5.26 Å². The van der Waals surface area contributed by atoms with Crippen molar-refractivity contribution in [2.24, 2.45) is 5.92 Å². The zero-order chi connectivity index (χ0) is 19.1. The number of hydrogen-bond donors (Lipinski definition) is 1. The molecule has 136 valence electrons. The SMILES string of the molecule is Cc1cc(-c2cc(F)cc(C#N)c2)nc2c(C(=O)NC(C)C3CC3)cnn12. The maximum atomic E-state index is 13.8. The molecule has 1 atom stereocenters. The number of nitrogens with zero attached hydrogens (tertiary/aromatic N) is 4. The van der Waals surface area contributed by atoms with E-state index in [1.54, 1.807) is 16.6 Å². The van der Waals surface area contributed by atoms with Crippen LogP contribution in [0.15, 0.2) is 30.5 Å². The van der Waals surface area contributed by atoms with Crippen LogP contribution in [0.1, 0.15) is 41.4 Å². The van der Waals surface area contributed by atoms with Crippen LogP contribution in [0.4, 0.5) is 4.39 Å². The minimum absolute atomic E-state index is 0.109. The van der Waals surface area contributed by atoms with E-state index in [1.807, 2.05) is 19.9 Å². The molecule has 1 unspecified atom stereocenters. The van der Waals surface area contributed by atoms with Crippen LogP contribution in [0.5, 0.6) is 0 Å². The number of nitriles is 1. The molecule has 0 radical (unpaired) electrons. The molecule has 1 aliphatic rings. The minimum Gasteiger partial charge on any atom is -0.349 e. The summed E-state index contributed by atoms with van der Waals surface area (Å²) in [6.07, 6.45) is 3.78. The van der Waals surface area contributed by atoms with Crippen molar-refractivity contribution >= 4 is 11.6 Å².